The number of hydrogen-bond acceptors (Lipinski definition) is 5. The van der Waals surface area contributed by atoms with Crippen LogP contribution in [0.4, 0.5) is 0 Å². The van der Waals surface area contributed by atoms with E-state index in [-0.39, 0.29) is 0 Å². The second kappa shape index (κ2) is 7.95. The minimum atomic E-state index is -3.47. The molecular formula is C16H19ClN2O3S2. The number of benzene rings is 1. The number of nitrogens with one attached hydrogen (secondary N) is 1. The summed E-state index contributed by atoms with van der Waals surface area (Å²) in [6.07, 6.45) is 0. The quantitative estimate of drug-likeness (QED) is 0.829. The lowest BCUT2D eigenvalue weighted by atomic mass is 10.2. The number of morpholine rings is 1. The molecule has 3 rings (SSSR count). The number of sulfonamides is 1. The van der Waals surface area contributed by atoms with Gasteiger partial charge in [-0.05, 0) is 29.8 Å². The number of rotatable bonds is 6. The molecule has 0 spiro atoms. The van der Waals surface area contributed by atoms with E-state index in [2.05, 4.69) is 9.62 Å². The van der Waals surface area contributed by atoms with E-state index >= 15 is 0 Å². The molecule has 8 heteroatoms. The number of ether oxygens (including phenoxy) is 1. The van der Waals surface area contributed by atoms with Crippen LogP contribution in [-0.2, 0) is 14.8 Å². The molecule has 0 radical (unpaired) electrons. The Morgan fingerprint density at radius 3 is 2.54 bits per heavy atom. The largest absolute Gasteiger partial charge is 0.379 e. The molecule has 0 saturated carbocycles. The van der Waals surface area contributed by atoms with Crippen molar-refractivity contribution in [1.82, 2.24) is 9.62 Å². The molecule has 0 unspecified atom stereocenters. The van der Waals surface area contributed by atoms with Crippen molar-refractivity contribution in [2.75, 3.05) is 39.4 Å². The third-order valence-electron chi connectivity index (χ3n) is 3.80. The lowest BCUT2D eigenvalue weighted by molar-refractivity contribution is 0.0390. The number of halogens is 1. The Bertz CT molecular complexity index is 769. The van der Waals surface area contributed by atoms with Gasteiger partial charge in [0.25, 0.3) is 0 Å². The average Bonchev–Trinajstić information content (AvgIpc) is 3.07. The normalized spacial score (nSPS) is 16.4. The van der Waals surface area contributed by atoms with Crippen molar-refractivity contribution in [3.63, 3.8) is 0 Å². The topological polar surface area (TPSA) is 58.6 Å². The monoisotopic (exact) mass is 386 g/mol. The van der Waals surface area contributed by atoms with E-state index in [1.54, 1.807) is 18.2 Å². The maximum absolute atomic E-state index is 12.4. The van der Waals surface area contributed by atoms with Crippen molar-refractivity contribution >= 4 is 33.0 Å². The Morgan fingerprint density at radius 2 is 1.83 bits per heavy atom. The molecule has 1 fully saturated rings. The molecule has 1 N–H and O–H groups in total. The van der Waals surface area contributed by atoms with Gasteiger partial charge in [-0.2, -0.15) is 0 Å². The fourth-order valence-electron chi connectivity index (χ4n) is 2.47. The van der Waals surface area contributed by atoms with Gasteiger partial charge in [0, 0.05) is 36.1 Å². The minimum Gasteiger partial charge on any atom is -0.379 e. The first-order valence-corrected chi connectivity index (χ1v) is 10.4. The second-order valence-corrected chi connectivity index (χ2v) is 8.99. The fraction of sp³-hybridized carbons (Fsp3) is 0.375. The highest BCUT2D eigenvalue weighted by atomic mass is 35.5. The Kier molecular flexibility index (Phi) is 5.91. The lowest BCUT2D eigenvalue weighted by Crippen LogP contribution is -2.41. The van der Waals surface area contributed by atoms with Crippen LogP contribution in [0.15, 0.2) is 40.6 Å². The fourth-order valence-corrected chi connectivity index (χ4v) is 4.97. The third-order valence-corrected chi connectivity index (χ3v) is 7.14. The van der Waals surface area contributed by atoms with E-state index in [0.717, 1.165) is 23.5 Å². The van der Waals surface area contributed by atoms with Gasteiger partial charge in [-0.15, -0.1) is 11.3 Å². The molecule has 24 heavy (non-hydrogen) atoms. The van der Waals surface area contributed by atoms with Crippen molar-refractivity contribution in [2.24, 2.45) is 0 Å². The molecule has 0 aliphatic carbocycles. The van der Waals surface area contributed by atoms with Crippen molar-refractivity contribution in [3.05, 3.63) is 41.4 Å². The van der Waals surface area contributed by atoms with E-state index in [9.17, 15) is 8.42 Å². The van der Waals surface area contributed by atoms with E-state index in [4.69, 9.17) is 16.3 Å². The molecule has 1 aromatic heterocycles. The summed E-state index contributed by atoms with van der Waals surface area (Å²) in [6, 6.07) is 10.8. The molecule has 0 atom stereocenters. The van der Waals surface area contributed by atoms with Crippen molar-refractivity contribution in [1.29, 1.82) is 0 Å². The van der Waals surface area contributed by atoms with Gasteiger partial charge in [-0.3, -0.25) is 4.90 Å². The molecule has 2 aromatic rings. The van der Waals surface area contributed by atoms with Gasteiger partial charge < -0.3 is 4.74 Å². The SMILES string of the molecule is O=S(=O)(NCCN1CCOCC1)c1ccc(-c2ccc(Cl)cc2)s1. The molecule has 1 aliphatic rings. The van der Waals surface area contributed by atoms with Gasteiger partial charge in [0.05, 0.1) is 13.2 Å². The molecule has 0 bridgehead atoms. The van der Waals surface area contributed by atoms with Gasteiger partial charge in [0.15, 0.2) is 0 Å². The van der Waals surface area contributed by atoms with Crippen LogP contribution in [0.5, 0.6) is 0 Å². The van der Waals surface area contributed by atoms with Gasteiger partial charge in [-0.1, -0.05) is 23.7 Å². The number of thiophene rings is 1. The van der Waals surface area contributed by atoms with E-state index in [0.29, 0.717) is 35.5 Å². The maximum Gasteiger partial charge on any atom is 0.250 e. The Hall–Kier alpha value is -0.960. The van der Waals surface area contributed by atoms with Crippen LogP contribution in [0.2, 0.25) is 5.02 Å². The number of hydrogen-bond donors (Lipinski definition) is 1. The van der Waals surface area contributed by atoms with Crippen LogP contribution < -0.4 is 4.72 Å². The summed E-state index contributed by atoms with van der Waals surface area (Å²) >= 11 is 7.14. The predicted octanol–water partition coefficient (Wildman–Crippen LogP) is 2.68. The van der Waals surface area contributed by atoms with Crippen LogP contribution in [0.3, 0.4) is 0 Å². The molecule has 0 amide bonds. The summed E-state index contributed by atoms with van der Waals surface area (Å²) < 4.78 is 33.1. The van der Waals surface area contributed by atoms with E-state index in [1.165, 1.54) is 11.3 Å². The van der Waals surface area contributed by atoms with E-state index < -0.39 is 10.0 Å². The molecule has 130 valence electrons. The molecule has 5 nitrogen and oxygen atoms in total. The van der Waals surface area contributed by atoms with Gasteiger partial charge >= 0.3 is 0 Å². The van der Waals surface area contributed by atoms with Gasteiger partial charge in [-0.25, -0.2) is 13.1 Å². The van der Waals surface area contributed by atoms with Crippen LogP contribution in [0, 0.1) is 0 Å². The summed E-state index contributed by atoms with van der Waals surface area (Å²) in [5.41, 5.74) is 0.958. The zero-order valence-electron chi connectivity index (χ0n) is 13.1. The maximum atomic E-state index is 12.4. The van der Waals surface area contributed by atoms with Crippen molar-refractivity contribution < 1.29 is 13.2 Å². The summed E-state index contributed by atoms with van der Waals surface area (Å²) in [5, 5.41) is 0.660. The second-order valence-electron chi connectivity index (χ2n) is 5.48. The van der Waals surface area contributed by atoms with Gasteiger partial charge in [0.1, 0.15) is 4.21 Å². The minimum absolute atomic E-state index is 0.328. The van der Waals surface area contributed by atoms with Crippen LogP contribution in [-0.4, -0.2) is 52.7 Å². The molecular weight excluding hydrogens is 368 g/mol. The van der Waals surface area contributed by atoms with Crippen molar-refractivity contribution in [3.8, 4) is 10.4 Å². The smallest absolute Gasteiger partial charge is 0.250 e. The molecule has 1 aromatic carbocycles. The average molecular weight is 387 g/mol. The van der Waals surface area contributed by atoms with Gasteiger partial charge in [0.2, 0.25) is 10.0 Å². The first-order chi connectivity index (χ1) is 11.5. The van der Waals surface area contributed by atoms with Crippen LogP contribution in [0.1, 0.15) is 0 Å². The van der Waals surface area contributed by atoms with Crippen LogP contribution in [0.25, 0.3) is 10.4 Å². The first-order valence-electron chi connectivity index (χ1n) is 7.70. The first kappa shape index (κ1) is 17.8. The highest BCUT2D eigenvalue weighted by Gasteiger charge is 2.18. The Labute approximate surface area is 151 Å². The predicted molar refractivity (Wildman–Crippen MR) is 97.2 cm³/mol. The summed E-state index contributed by atoms with van der Waals surface area (Å²) in [7, 11) is -3.47. The lowest BCUT2D eigenvalue weighted by Gasteiger charge is -2.26. The Morgan fingerprint density at radius 1 is 1.12 bits per heavy atom. The third kappa shape index (κ3) is 4.56. The highest BCUT2D eigenvalue weighted by molar-refractivity contribution is 7.91. The zero-order valence-corrected chi connectivity index (χ0v) is 15.5. The molecule has 1 aliphatic heterocycles. The summed E-state index contributed by atoms with van der Waals surface area (Å²) in [5.74, 6) is 0. The summed E-state index contributed by atoms with van der Waals surface area (Å²) in [4.78, 5) is 3.10. The highest BCUT2D eigenvalue weighted by Crippen LogP contribution is 2.31. The van der Waals surface area contributed by atoms with Crippen LogP contribution >= 0.6 is 22.9 Å². The molecule has 1 saturated heterocycles. The zero-order chi connectivity index (χ0) is 17.0. The summed E-state index contributed by atoms with van der Waals surface area (Å²) in [6.45, 7) is 4.21. The standard InChI is InChI=1S/C16H19ClN2O3S2/c17-14-3-1-13(2-4-14)15-5-6-16(23-15)24(20,21)18-7-8-19-9-11-22-12-10-19/h1-6,18H,7-12H2. The molecule has 2 heterocycles. The van der Waals surface area contributed by atoms with E-state index in [1.807, 2.05) is 18.2 Å². The van der Waals surface area contributed by atoms with Crippen molar-refractivity contribution in [2.45, 2.75) is 4.21 Å². The number of nitrogens with zero attached hydrogens (tertiary/aromatic N) is 1. The Balaban J connectivity index is 1.61.